The second-order valence-corrected chi connectivity index (χ2v) is 5.58. The molecule has 1 saturated heterocycles. The molecule has 0 saturated carbocycles. The minimum atomic E-state index is -0.210. The van der Waals surface area contributed by atoms with E-state index in [1.807, 2.05) is 36.1 Å². The Bertz CT molecular complexity index is 526. The summed E-state index contributed by atoms with van der Waals surface area (Å²) in [6.07, 6.45) is 1.78. The van der Waals surface area contributed by atoms with Gasteiger partial charge in [-0.15, -0.1) is 0 Å². The first-order chi connectivity index (χ1) is 11.2. The summed E-state index contributed by atoms with van der Waals surface area (Å²) in [6, 6.07) is 7.68. The van der Waals surface area contributed by atoms with E-state index >= 15 is 0 Å². The van der Waals surface area contributed by atoms with Crippen molar-refractivity contribution in [3.63, 3.8) is 0 Å². The maximum Gasteiger partial charge on any atom is 0.243 e. The van der Waals surface area contributed by atoms with Crippen molar-refractivity contribution in [1.82, 2.24) is 10.2 Å². The lowest BCUT2D eigenvalue weighted by atomic mass is 10.1. The second kappa shape index (κ2) is 9.27. The smallest absolute Gasteiger partial charge is 0.243 e. The standard InChI is InChI=1S/C17H25N3O3/c1-2-14-6-3-4-7-15(14)19-16(21)12-18-17(22)13-20-8-5-10-23-11-9-20/h3-4,6-7H,2,5,8-13H2,1H3,(H,18,22)(H,19,21). The van der Waals surface area contributed by atoms with Gasteiger partial charge < -0.3 is 15.4 Å². The summed E-state index contributed by atoms with van der Waals surface area (Å²) in [5.41, 5.74) is 1.88. The molecule has 1 heterocycles. The van der Waals surface area contributed by atoms with Crippen LogP contribution in [0.15, 0.2) is 24.3 Å². The highest BCUT2D eigenvalue weighted by Crippen LogP contribution is 2.14. The molecule has 126 valence electrons. The van der Waals surface area contributed by atoms with E-state index in [4.69, 9.17) is 4.74 Å². The Morgan fingerprint density at radius 3 is 2.83 bits per heavy atom. The van der Waals surface area contributed by atoms with E-state index in [9.17, 15) is 9.59 Å². The van der Waals surface area contributed by atoms with Gasteiger partial charge in [-0.05, 0) is 24.5 Å². The summed E-state index contributed by atoms with van der Waals surface area (Å²) in [7, 11) is 0. The van der Waals surface area contributed by atoms with Crippen LogP contribution in [-0.4, -0.2) is 56.1 Å². The minimum Gasteiger partial charge on any atom is -0.380 e. The molecule has 0 aromatic heterocycles. The van der Waals surface area contributed by atoms with Crippen LogP contribution in [0, 0.1) is 0 Å². The molecule has 1 aromatic rings. The van der Waals surface area contributed by atoms with Crippen LogP contribution in [0.2, 0.25) is 0 Å². The van der Waals surface area contributed by atoms with Crippen LogP contribution in [0.4, 0.5) is 5.69 Å². The van der Waals surface area contributed by atoms with E-state index < -0.39 is 0 Å². The Labute approximate surface area is 137 Å². The van der Waals surface area contributed by atoms with Crippen molar-refractivity contribution < 1.29 is 14.3 Å². The lowest BCUT2D eigenvalue weighted by Gasteiger charge is -2.18. The fourth-order valence-corrected chi connectivity index (χ4v) is 2.54. The number of rotatable bonds is 6. The van der Waals surface area contributed by atoms with Gasteiger partial charge in [-0.25, -0.2) is 0 Å². The Hall–Kier alpha value is -1.92. The van der Waals surface area contributed by atoms with Gasteiger partial charge in [0.05, 0.1) is 19.7 Å². The molecule has 0 bridgehead atoms. The van der Waals surface area contributed by atoms with E-state index in [2.05, 4.69) is 10.6 Å². The number of para-hydroxylation sites is 1. The number of carbonyl (C=O) groups excluding carboxylic acids is 2. The highest BCUT2D eigenvalue weighted by molar-refractivity contribution is 5.95. The van der Waals surface area contributed by atoms with Crippen LogP contribution in [0.1, 0.15) is 18.9 Å². The van der Waals surface area contributed by atoms with Crippen molar-refractivity contribution in [3.05, 3.63) is 29.8 Å². The third-order valence-electron chi connectivity index (χ3n) is 3.80. The van der Waals surface area contributed by atoms with Crippen LogP contribution in [0.25, 0.3) is 0 Å². The molecular weight excluding hydrogens is 294 g/mol. The van der Waals surface area contributed by atoms with Crippen LogP contribution in [0.5, 0.6) is 0 Å². The third-order valence-corrected chi connectivity index (χ3v) is 3.80. The molecule has 1 aromatic carbocycles. The SMILES string of the molecule is CCc1ccccc1NC(=O)CNC(=O)CN1CCCOCC1. The van der Waals surface area contributed by atoms with Gasteiger partial charge in [-0.3, -0.25) is 14.5 Å². The molecule has 0 unspecified atom stereocenters. The van der Waals surface area contributed by atoms with E-state index in [0.29, 0.717) is 13.2 Å². The van der Waals surface area contributed by atoms with Gasteiger partial charge in [-0.1, -0.05) is 25.1 Å². The van der Waals surface area contributed by atoms with Gasteiger partial charge in [0.15, 0.2) is 0 Å². The van der Waals surface area contributed by atoms with E-state index in [1.54, 1.807) is 0 Å². The number of hydrogen-bond acceptors (Lipinski definition) is 4. The quantitative estimate of drug-likeness (QED) is 0.821. The monoisotopic (exact) mass is 319 g/mol. The molecule has 1 fully saturated rings. The second-order valence-electron chi connectivity index (χ2n) is 5.58. The van der Waals surface area contributed by atoms with Crippen molar-refractivity contribution in [2.45, 2.75) is 19.8 Å². The number of benzene rings is 1. The summed E-state index contributed by atoms with van der Waals surface area (Å²) in [4.78, 5) is 26.0. The maximum absolute atomic E-state index is 12.0. The van der Waals surface area contributed by atoms with Gasteiger partial charge in [0, 0.05) is 25.4 Å². The van der Waals surface area contributed by atoms with Crippen LogP contribution >= 0.6 is 0 Å². The Morgan fingerprint density at radius 1 is 1.17 bits per heavy atom. The average molecular weight is 319 g/mol. The number of aryl methyl sites for hydroxylation is 1. The zero-order valence-corrected chi connectivity index (χ0v) is 13.6. The van der Waals surface area contributed by atoms with Crippen molar-refractivity contribution in [3.8, 4) is 0 Å². The molecule has 0 atom stereocenters. The highest BCUT2D eigenvalue weighted by atomic mass is 16.5. The predicted octanol–water partition coefficient (Wildman–Crippen LogP) is 1.03. The molecule has 0 spiro atoms. The number of carbonyl (C=O) groups is 2. The summed E-state index contributed by atoms with van der Waals surface area (Å²) < 4.78 is 5.36. The van der Waals surface area contributed by atoms with E-state index in [0.717, 1.165) is 43.8 Å². The van der Waals surface area contributed by atoms with Gasteiger partial charge in [0.1, 0.15) is 0 Å². The molecule has 2 N–H and O–H groups in total. The molecule has 2 amide bonds. The summed E-state index contributed by atoms with van der Waals surface area (Å²) >= 11 is 0. The fourth-order valence-electron chi connectivity index (χ4n) is 2.54. The first-order valence-corrected chi connectivity index (χ1v) is 8.13. The number of hydrogen-bond donors (Lipinski definition) is 2. The molecule has 0 radical (unpaired) electrons. The van der Waals surface area contributed by atoms with Gasteiger partial charge >= 0.3 is 0 Å². The zero-order valence-electron chi connectivity index (χ0n) is 13.6. The molecule has 23 heavy (non-hydrogen) atoms. The van der Waals surface area contributed by atoms with Crippen LogP contribution in [0.3, 0.4) is 0 Å². The number of anilines is 1. The normalized spacial score (nSPS) is 15.7. The fraction of sp³-hybridized carbons (Fsp3) is 0.529. The highest BCUT2D eigenvalue weighted by Gasteiger charge is 2.14. The Balaban J connectivity index is 1.74. The third kappa shape index (κ3) is 6.00. The van der Waals surface area contributed by atoms with Gasteiger partial charge in [0.25, 0.3) is 0 Å². The largest absolute Gasteiger partial charge is 0.380 e. The number of nitrogens with one attached hydrogen (secondary N) is 2. The summed E-state index contributed by atoms with van der Waals surface area (Å²) in [6.45, 7) is 5.34. The van der Waals surface area contributed by atoms with Crippen molar-refractivity contribution >= 4 is 17.5 Å². The lowest BCUT2D eigenvalue weighted by Crippen LogP contribution is -2.41. The molecule has 6 nitrogen and oxygen atoms in total. The summed E-state index contributed by atoms with van der Waals surface area (Å²) in [5, 5.41) is 5.52. The zero-order chi connectivity index (χ0) is 16.5. The van der Waals surface area contributed by atoms with E-state index in [1.165, 1.54) is 0 Å². The van der Waals surface area contributed by atoms with Crippen LogP contribution in [-0.2, 0) is 20.7 Å². The van der Waals surface area contributed by atoms with E-state index in [-0.39, 0.29) is 18.4 Å². The first kappa shape index (κ1) is 17.4. The first-order valence-electron chi connectivity index (χ1n) is 8.13. The van der Waals surface area contributed by atoms with Gasteiger partial charge in [0.2, 0.25) is 11.8 Å². The molecule has 6 heteroatoms. The predicted molar refractivity (Wildman–Crippen MR) is 89.3 cm³/mol. The number of ether oxygens (including phenoxy) is 1. The van der Waals surface area contributed by atoms with Crippen molar-refractivity contribution in [1.29, 1.82) is 0 Å². The number of amides is 2. The molecule has 0 aliphatic carbocycles. The van der Waals surface area contributed by atoms with Crippen molar-refractivity contribution in [2.24, 2.45) is 0 Å². The maximum atomic E-state index is 12.0. The molecule has 1 aliphatic heterocycles. The van der Waals surface area contributed by atoms with Crippen LogP contribution < -0.4 is 10.6 Å². The average Bonchev–Trinajstić information content (AvgIpc) is 2.82. The topological polar surface area (TPSA) is 70.7 Å². The molecule has 1 aliphatic rings. The Morgan fingerprint density at radius 2 is 2.00 bits per heavy atom. The number of nitrogens with zero attached hydrogens (tertiary/aromatic N) is 1. The summed E-state index contributed by atoms with van der Waals surface area (Å²) in [5.74, 6) is -0.343. The van der Waals surface area contributed by atoms with Gasteiger partial charge in [-0.2, -0.15) is 0 Å². The lowest BCUT2D eigenvalue weighted by molar-refractivity contribution is -0.125. The minimum absolute atomic E-state index is 0.0127. The van der Waals surface area contributed by atoms with Crippen molar-refractivity contribution in [2.75, 3.05) is 44.7 Å². The Kier molecular flexibility index (Phi) is 7.03. The molecular formula is C17H25N3O3. The molecule has 2 rings (SSSR count).